The Morgan fingerprint density at radius 3 is 2.66 bits per heavy atom. The Kier molecular flexibility index (Phi) is 4.96. The molecule has 2 aromatic carbocycles. The zero-order valence-corrected chi connectivity index (χ0v) is 17.3. The zero-order valence-electron chi connectivity index (χ0n) is 15.7. The Balaban J connectivity index is 1.55. The molecule has 1 fully saturated rings. The summed E-state index contributed by atoms with van der Waals surface area (Å²) in [5.41, 5.74) is 3.02. The van der Waals surface area contributed by atoms with Gasteiger partial charge in [0.05, 0.1) is 12.1 Å². The summed E-state index contributed by atoms with van der Waals surface area (Å²) in [6.07, 6.45) is 3.57. The molecule has 5 nitrogen and oxygen atoms in total. The van der Waals surface area contributed by atoms with E-state index in [1.54, 1.807) is 12.4 Å². The van der Waals surface area contributed by atoms with Crippen molar-refractivity contribution in [2.24, 2.45) is 0 Å². The number of benzene rings is 2. The average molecular weight is 447 g/mol. The molecule has 1 saturated heterocycles. The third kappa shape index (κ3) is 3.73. The second kappa shape index (κ2) is 7.89. The lowest BCUT2D eigenvalue weighted by Gasteiger charge is -2.34. The average Bonchev–Trinajstić information content (AvgIpc) is 2.79. The second-order valence-electron chi connectivity index (χ2n) is 6.99. The highest BCUT2D eigenvalue weighted by Gasteiger charge is 2.25. The van der Waals surface area contributed by atoms with Crippen LogP contribution in [0.4, 0.5) is 5.82 Å². The molecule has 1 aliphatic heterocycles. The monoisotopic (exact) mass is 446 g/mol. The number of rotatable bonds is 3. The minimum absolute atomic E-state index is 0.00687. The van der Waals surface area contributed by atoms with E-state index in [4.69, 9.17) is 14.7 Å². The van der Waals surface area contributed by atoms with E-state index in [0.29, 0.717) is 12.4 Å². The summed E-state index contributed by atoms with van der Waals surface area (Å²) in [5, 5.41) is 1.05. The van der Waals surface area contributed by atoms with Gasteiger partial charge in [-0.2, -0.15) is 0 Å². The lowest BCUT2D eigenvalue weighted by molar-refractivity contribution is 0.0396. The molecule has 4 aromatic rings. The number of para-hydroxylation sites is 1. The van der Waals surface area contributed by atoms with Crippen molar-refractivity contribution >= 4 is 32.7 Å². The van der Waals surface area contributed by atoms with E-state index < -0.39 is 0 Å². The van der Waals surface area contributed by atoms with E-state index in [1.165, 1.54) is 5.56 Å². The van der Waals surface area contributed by atoms with Crippen LogP contribution in [-0.2, 0) is 4.74 Å². The number of aromatic nitrogens is 3. The highest BCUT2D eigenvalue weighted by Crippen LogP contribution is 2.31. The van der Waals surface area contributed by atoms with E-state index in [0.717, 1.165) is 39.8 Å². The number of pyridine rings is 1. The summed E-state index contributed by atoms with van der Waals surface area (Å²) in [6.45, 7) is 2.19. The van der Waals surface area contributed by atoms with Crippen molar-refractivity contribution in [1.82, 2.24) is 15.0 Å². The number of fused-ring (bicyclic) bond motifs is 1. The number of ether oxygens (including phenoxy) is 1. The van der Waals surface area contributed by atoms with E-state index >= 15 is 0 Å². The van der Waals surface area contributed by atoms with Gasteiger partial charge in [-0.05, 0) is 42.0 Å². The van der Waals surface area contributed by atoms with Gasteiger partial charge in [0.25, 0.3) is 0 Å². The molecule has 5 rings (SSSR count). The minimum atomic E-state index is 0.00687. The van der Waals surface area contributed by atoms with Crippen LogP contribution in [0.1, 0.15) is 11.7 Å². The van der Waals surface area contributed by atoms with Gasteiger partial charge in [0, 0.05) is 40.9 Å². The van der Waals surface area contributed by atoms with Crippen LogP contribution in [0.2, 0.25) is 0 Å². The van der Waals surface area contributed by atoms with Crippen LogP contribution in [0.5, 0.6) is 0 Å². The fourth-order valence-corrected chi connectivity index (χ4v) is 3.91. The molecule has 1 aliphatic rings. The molecule has 1 unspecified atom stereocenters. The number of hydrogen-bond acceptors (Lipinski definition) is 5. The maximum atomic E-state index is 6.07. The Morgan fingerprint density at radius 2 is 1.83 bits per heavy atom. The third-order valence-corrected chi connectivity index (χ3v) is 5.64. The minimum Gasteiger partial charge on any atom is -0.370 e. The zero-order chi connectivity index (χ0) is 19.6. The van der Waals surface area contributed by atoms with Crippen molar-refractivity contribution in [2.75, 3.05) is 24.6 Å². The second-order valence-corrected chi connectivity index (χ2v) is 7.90. The first kappa shape index (κ1) is 18.2. The van der Waals surface area contributed by atoms with Gasteiger partial charge in [-0.15, -0.1) is 0 Å². The molecule has 3 heterocycles. The summed E-state index contributed by atoms with van der Waals surface area (Å²) < 4.78 is 7.14. The van der Waals surface area contributed by atoms with Gasteiger partial charge in [-0.3, -0.25) is 4.98 Å². The summed E-state index contributed by atoms with van der Waals surface area (Å²) in [5.74, 6) is 1.64. The normalized spacial score (nSPS) is 16.9. The van der Waals surface area contributed by atoms with Crippen molar-refractivity contribution in [3.63, 3.8) is 0 Å². The van der Waals surface area contributed by atoms with Crippen molar-refractivity contribution in [3.05, 3.63) is 83.1 Å². The standard InChI is InChI=1S/C23H19BrN4O/c24-18-9-7-16(8-10-18)21-15-28(12-13-29-21)23-19-5-1-2-6-20(19)26-22(27-23)17-4-3-11-25-14-17/h1-11,14,21H,12-13,15H2. The van der Waals surface area contributed by atoms with E-state index in [1.807, 2.05) is 30.3 Å². The lowest BCUT2D eigenvalue weighted by atomic mass is 10.1. The molecular weight excluding hydrogens is 428 g/mol. The first-order valence-corrected chi connectivity index (χ1v) is 10.4. The Labute approximate surface area is 177 Å². The highest BCUT2D eigenvalue weighted by molar-refractivity contribution is 9.10. The van der Waals surface area contributed by atoms with Gasteiger partial charge in [-0.1, -0.05) is 40.2 Å². The molecule has 0 N–H and O–H groups in total. The molecule has 0 bridgehead atoms. The number of hydrogen-bond donors (Lipinski definition) is 0. The lowest BCUT2D eigenvalue weighted by Crippen LogP contribution is -2.39. The Hall–Kier alpha value is -2.83. The largest absolute Gasteiger partial charge is 0.370 e. The topological polar surface area (TPSA) is 51.1 Å². The number of nitrogens with zero attached hydrogens (tertiary/aromatic N) is 4. The van der Waals surface area contributed by atoms with Crippen molar-refractivity contribution in [2.45, 2.75) is 6.10 Å². The van der Waals surface area contributed by atoms with Crippen LogP contribution in [0.3, 0.4) is 0 Å². The van der Waals surface area contributed by atoms with Crippen LogP contribution in [0, 0.1) is 0 Å². The van der Waals surface area contributed by atoms with Crippen LogP contribution in [0.25, 0.3) is 22.3 Å². The molecule has 0 saturated carbocycles. The van der Waals surface area contributed by atoms with Crippen LogP contribution < -0.4 is 4.90 Å². The fraction of sp³-hybridized carbons (Fsp3) is 0.174. The van der Waals surface area contributed by atoms with Crippen LogP contribution in [-0.4, -0.2) is 34.6 Å². The third-order valence-electron chi connectivity index (χ3n) is 5.11. The van der Waals surface area contributed by atoms with Crippen molar-refractivity contribution < 1.29 is 4.74 Å². The van der Waals surface area contributed by atoms with Crippen LogP contribution in [0.15, 0.2) is 77.5 Å². The summed E-state index contributed by atoms with van der Waals surface area (Å²) >= 11 is 3.50. The Morgan fingerprint density at radius 1 is 0.966 bits per heavy atom. The predicted molar refractivity (Wildman–Crippen MR) is 118 cm³/mol. The highest BCUT2D eigenvalue weighted by atomic mass is 79.9. The molecule has 0 radical (unpaired) electrons. The molecule has 2 aromatic heterocycles. The predicted octanol–water partition coefficient (Wildman–Crippen LogP) is 5.03. The summed E-state index contributed by atoms with van der Waals surface area (Å²) in [4.78, 5) is 16.3. The molecule has 6 heteroatoms. The van der Waals surface area contributed by atoms with Gasteiger partial charge in [0.1, 0.15) is 11.9 Å². The van der Waals surface area contributed by atoms with E-state index in [9.17, 15) is 0 Å². The van der Waals surface area contributed by atoms with Crippen LogP contribution >= 0.6 is 15.9 Å². The number of morpholine rings is 1. The van der Waals surface area contributed by atoms with Gasteiger partial charge in [0.15, 0.2) is 5.82 Å². The summed E-state index contributed by atoms with van der Waals surface area (Å²) in [6, 6.07) is 20.4. The molecule has 1 atom stereocenters. The van der Waals surface area contributed by atoms with Gasteiger partial charge >= 0.3 is 0 Å². The molecule has 0 amide bonds. The molecule has 144 valence electrons. The maximum Gasteiger partial charge on any atom is 0.163 e. The first-order chi connectivity index (χ1) is 14.3. The van der Waals surface area contributed by atoms with Gasteiger partial charge < -0.3 is 9.64 Å². The van der Waals surface area contributed by atoms with E-state index in [2.05, 4.69) is 56.1 Å². The maximum absolute atomic E-state index is 6.07. The number of halogens is 1. The molecule has 29 heavy (non-hydrogen) atoms. The quantitative estimate of drug-likeness (QED) is 0.441. The molecule has 0 spiro atoms. The smallest absolute Gasteiger partial charge is 0.163 e. The van der Waals surface area contributed by atoms with Gasteiger partial charge in [0.2, 0.25) is 0 Å². The first-order valence-electron chi connectivity index (χ1n) is 9.57. The number of anilines is 1. The molecule has 0 aliphatic carbocycles. The van der Waals surface area contributed by atoms with Crippen molar-refractivity contribution in [1.29, 1.82) is 0 Å². The van der Waals surface area contributed by atoms with Gasteiger partial charge in [-0.25, -0.2) is 9.97 Å². The summed E-state index contributed by atoms with van der Waals surface area (Å²) in [7, 11) is 0. The van der Waals surface area contributed by atoms with Crippen molar-refractivity contribution in [3.8, 4) is 11.4 Å². The SMILES string of the molecule is Brc1ccc(C2CN(c3nc(-c4cccnc4)nc4ccccc34)CCO2)cc1. The van der Waals surface area contributed by atoms with E-state index in [-0.39, 0.29) is 6.10 Å². The fourth-order valence-electron chi connectivity index (χ4n) is 3.65. The molecular formula is C23H19BrN4O. The Bertz CT molecular complexity index is 1130.